The van der Waals surface area contributed by atoms with Gasteiger partial charge in [0.15, 0.2) is 0 Å². The monoisotopic (exact) mass is 218 g/mol. The molecule has 0 aliphatic rings. The molecule has 0 amide bonds. The molecule has 0 heterocycles. The van der Waals surface area contributed by atoms with Crippen LogP contribution in [0.2, 0.25) is 0 Å². The van der Waals surface area contributed by atoms with Crippen LogP contribution in [0.3, 0.4) is 0 Å². The van der Waals surface area contributed by atoms with Gasteiger partial charge in [-0.05, 0) is 0 Å². The molecule has 0 aliphatic carbocycles. The minimum atomic E-state index is -0.570. The van der Waals surface area contributed by atoms with E-state index >= 15 is 0 Å². The van der Waals surface area contributed by atoms with E-state index in [-0.39, 0.29) is 24.8 Å². The van der Waals surface area contributed by atoms with Crippen molar-refractivity contribution in [3.63, 3.8) is 0 Å². The molecule has 0 saturated carbocycles. The molecule has 0 aromatic carbocycles. The summed E-state index contributed by atoms with van der Waals surface area (Å²) in [6.07, 6.45) is 0. The van der Waals surface area contributed by atoms with Gasteiger partial charge in [0.1, 0.15) is 0 Å². The normalized spacial score (nSPS) is 4.00. The van der Waals surface area contributed by atoms with Gasteiger partial charge in [-0.2, -0.15) is 0 Å². The largest absolute Gasteiger partial charge is 1.00 e. The summed E-state index contributed by atoms with van der Waals surface area (Å²) in [7, 11) is 0. The molecule has 6 heteroatoms. The van der Waals surface area contributed by atoms with E-state index in [2.05, 4.69) is 0 Å². The Morgan fingerprint density at radius 2 is 1.50 bits per heavy atom. The van der Waals surface area contributed by atoms with Gasteiger partial charge in [-0.1, -0.05) is 0 Å². The van der Waals surface area contributed by atoms with Gasteiger partial charge in [0, 0.05) is 0 Å². The molecule has 0 unspecified atom stereocenters. The molecule has 0 aromatic rings. The van der Waals surface area contributed by atoms with Crippen LogP contribution in [0, 0.1) is 10.1 Å². The zero-order chi connectivity index (χ0) is 3.58. The molecule has 0 bridgehead atoms. The van der Waals surface area contributed by atoms with Crippen molar-refractivity contribution in [2.75, 3.05) is 0 Å². The van der Waals surface area contributed by atoms with Crippen molar-refractivity contribution in [1.29, 1.82) is 0 Å². The first-order valence-corrected chi connectivity index (χ1v) is 1.30. The van der Waals surface area contributed by atoms with Gasteiger partial charge in [-0.25, -0.2) is 0 Å². The molecule has 0 aliphatic heterocycles. The smallest absolute Gasteiger partial charge is 1.00 e. The molecule has 0 aromatic heterocycles. The third-order valence-corrected chi connectivity index (χ3v) is 0. The molecule has 0 atom stereocenters. The number of nitro groups is 1. The van der Waals surface area contributed by atoms with Gasteiger partial charge in [0.25, 0.3) is 0 Å². The molecule has 0 spiro atoms. The first-order chi connectivity index (χ1) is 1.73. The average Bonchev–Trinajstić information content (AvgIpc) is 0.811. The van der Waals surface area contributed by atoms with E-state index in [0.717, 1.165) is 0 Å². The molecule has 0 rings (SSSR count). The van der Waals surface area contributed by atoms with E-state index in [1.807, 2.05) is 0 Å². The third-order valence-electron chi connectivity index (χ3n) is 0. The van der Waals surface area contributed by atoms with E-state index in [1.54, 1.807) is 0 Å². The van der Waals surface area contributed by atoms with Crippen LogP contribution in [0.1, 0.15) is 0 Å². The number of hydrogen-bond donors (Lipinski definition) is 0. The zero-order valence-corrected chi connectivity index (χ0v) is 5.62. The van der Waals surface area contributed by atoms with Gasteiger partial charge >= 0.3 is 32.3 Å². The first kappa shape index (κ1) is 16.0. The summed E-state index contributed by atoms with van der Waals surface area (Å²) < 4.78 is -0.570. The van der Waals surface area contributed by atoms with Gasteiger partial charge in [0.05, 0.1) is 0 Å². The van der Waals surface area contributed by atoms with E-state index in [1.165, 1.54) is 18.5 Å². The Hall–Kier alpha value is 0.603. The van der Waals surface area contributed by atoms with Crippen LogP contribution < -0.4 is 24.8 Å². The van der Waals surface area contributed by atoms with E-state index in [0.29, 0.717) is 0 Å². The van der Waals surface area contributed by atoms with Crippen LogP contribution in [0.15, 0.2) is 0 Å². The molecular weight excluding hydrogens is 218 g/mol. The van der Waals surface area contributed by atoms with E-state index in [9.17, 15) is 0 Å². The second-order valence-electron chi connectivity index (χ2n) is 0.204. The van der Waals surface area contributed by atoms with Crippen molar-refractivity contribution in [1.82, 2.24) is 0 Å². The van der Waals surface area contributed by atoms with Crippen molar-refractivity contribution in [3.8, 4) is 0 Å². The summed E-state index contributed by atoms with van der Waals surface area (Å²) in [5.74, 6) is 0. The van der Waals surface area contributed by atoms with Crippen LogP contribution in [0.25, 0.3) is 0 Å². The Morgan fingerprint density at radius 1 is 1.50 bits per heavy atom. The van der Waals surface area contributed by atoms with Crippen LogP contribution >= 0.6 is 0 Å². The minimum Gasteiger partial charge on any atom is -1.00 e. The number of halogens is 2. The zero-order valence-electron chi connectivity index (χ0n) is 2.37. The molecule has 3 nitrogen and oxygen atoms in total. The standard InChI is InChI=1S/2ClH.NO2.Ru/c;;2-1-3;/h2*1H;;/q;;;+2/p-2. The maximum atomic E-state index is 8.77. The summed E-state index contributed by atoms with van der Waals surface area (Å²) in [5.41, 5.74) is 0. The fourth-order valence-corrected chi connectivity index (χ4v) is 0. The summed E-state index contributed by atoms with van der Waals surface area (Å²) >= 11 is 1.30. The predicted molar refractivity (Wildman–Crippen MR) is 6.99 cm³/mol. The third kappa shape index (κ3) is 164. The van der Waals surface area contributed by atoms with Gasteiger partial charge in [0.2, 0.25) is 0 Å². The Balaban J connectivity index is -0.0000000450. The molecule has 0 radical (unpaired) electrons. The molecule has 0 N–H and O–H groups in total. The molecule has 39 valence electrons. The quantitative estimate of drug-likeness (QED) is 0.230. The Labute approximate surface area is 57.4 Å². The molecule has 6 heavy (non-hydrogen) atoms. The second-order valence-corrected chi connectivity index (χ2v) is 0.838. The summed E-state index contributed by atoms with van der Waals surface area (Å²) in [6, 6.07) is 0. The number of rotatable bonds is 0. The fourth-order valence-electron chi connectivity index (χ4n) is 0. The number of nitrogens with zero attached hydrogens (tertiary/aromatic N) is 1. The minimum absolute atomic E-state index is 0. The topological polar surface area (TPSA) is 43.1 Å². The Kier molecular flexibility index (Phi) is 24.3. The van der Waals surface area contributed by atoms with Crippen LogP contribution in [-0.4, -0.2) is 3.67 Å². The van der Waals surface area contributed by atoms with Crippen molar-refractivity contribution in [2.45, 2.75) is 0 Å². The maximum absolute atomic E-state index is 8.77. The summed E-state index contributed by atoms with van der Waals surface area (Å²) in [5, 5.41) is 8.77. The van der Waals surface area contributed by atoms with Gasteiger partial charge in [-0.3, -0.25) is 0 Å². The average molecular weight is 218 g/mol. The molecule has 0 fully saturated rings. The van der Waals surface area contributed by atoms with Crippen LogP contribution in [-0.2, 0) is 18.5 Å². The van der Waals surface area contributed by atoms with E-state index in [4.69, 9.17) is 10.1 Å². The van der Waals surface area contributed by atoms with Crippen molar-refractivity contribution in [3.05, 3.63) is 10.1 Å². The van der Waals surface area contributed by atoms with E-state index < -0.39 is 3.67 Å². The molecule has 0 saturated heterocycles. The van der Waals surface area contributed by atoms with Crippen LogP contribution in [0.5, 0.6) is 0 Å². The summed E-state index contributed by atoms with van der Waals surface area (Å²) in [6.45, 7) is 0. The number of hydrogen-bond acceptors (Lipinski definition) is 2. The second kappa shape index (κ2) is 9.14. The first-order valence-electron chi connectivity index (χ1n) is 0.523. The van der Waals surface area contributed by atoms with Gasteiger partial charge in [-0.15, -0.1) is 0 Å². The van der Waals surface area contributed by atoms with Crippen molar-refractivity contribution < 1.29 is 47.0 Å². The predicted octanol–water partition coefficient (Wildman–Crippen LogP) is -6.27. The molecular formula is Cl2NO2Ru. The van der Waals surface area contributed by atoms with Crippen molar-refractivity contribution in [2.24, 2.45) is 0 Å². The maximum Gasteiger partial charge on any atom is -1.00 e. The SMILES string of the molecule is O=[N+]([O-])[Ru+2].[Cl-].[Cl-]. The fraction of sp³-hybridized carbons (Fsp3) is 0. The Bertz CT molecular complexity index is 34.5. The Morgan fingerprint density at radius 3 is 1.50 bits per heavy atom. The summed E-state index contributed by atoms with van der Waals surface area (Å²) in [4.78, 5) is 8.77. The van der Waals surface area contributed by atoms with Crippen molar-refractivity contribution >= 4 is 0 Å². The van der Waals surface area contributed by atoms with Gasteiger partial charge < -0.3 is 24.8 Å². The van der Waals surface area contributed by atoms with Crippen LogP contribution in [0.4, 0.5) is 0 Å².